The topological polar surface area (TPSA) is 70.2 Å². The molecule has 0 unspecified atom stereocenters. The zero-order valence-electron chi connectivity index (χ0n) is 13.2. The number of hydrogen-bond donors (Lipinski definition) is 0. The normalized spacial score (nSPS) is 10.7. The summed E-state index contributed by atoms with van der Waals surface area (Å²) in [5.74, 6) is 1.53. The number of carbonyl (C=O) groups excluding carboxylic acids is 1. The third kappa shape index (κ3) is 4.05. The molecule has 6 nitrogen and oxygen atoms in total. The van der Waals surface area contributed by atoms with Crippen LogP contribution in [0.1, 0.15) is 17.1 Å². The fourth-order valence-electron chi connectivity index (χ4n) is 2.23. The number of thioether (sulfide) groups is 1. The van der Waals surface area contributed by atoms with Gasteiger partial charge in [0.15, 0.2) is 5.16 Å². The standard InChI is InChI=1S/C17H17N3O3S/c1-22-16(21)12-24-17-19-18-15(10-13-6-3-2-4-7-13)20(17)11-14-8-5-9-23-14/h2-9H,10-12H2,1H3. The van der Waals surface area contributed by atoms with Crippen molar-refractivity contribution in [3.05, 3.63) is 65.9 Å². The van der Waals surface area contributed by atoms with Gasteiger partial charge >= 0.3 is 5.97 Å². The van der Waals surface area contributed by atoms with E-state index in [0.717, 1.165) is 17.1 Å². The van der Waals surface area contributed by atoms with Crippen molar-refractivity contribution in [1.29, 1.82) is 0 Å². The molecule has 24 heavy (non-hydrogen) atoms. The largest absolute Gasteiger partial charge is 0.468 e. The first-order valence-corrected chi connectivity index (χ1v) is 8.43. The van der Waals surface area contributed by atoms with Gasteiger partial charge in [-0.3, -0.25) is 9.36 Å². The lowest BCUT2D eigenvalue weighted by atomic mass is 10.1. The van der Waals surface area contributed by atoms with Crippen molar-refractivity contribution >= 4 is 17.7 Å². The molecule has 0 amide bonds. The zero-order chi connectivity index (χ0) is 16.8. The summed E-state index contributed by atoms with van der Waals surface area (Å²) in [4.78, 5) is 11.4. The van der Waals surface area contributed by atoms with Crippen LogP contribution in [0.15, 0.2) is 58.3 Å². The van der Waals surface area contributed by atoms with Crippen molar-refractivity contribution in [2.75, 3.05) is 12.9 Å². The third-order valence-corrected chi connectivity index (χ3v) is 4.38. The molecule has 2 heterocycles. The molecule has 0 bridgehead atoms. The zero-order valence-corrected chi connectivity index (χ0v) is 14.0. The Morgan fingerprint density at radius 2 is 2.04 bits per heavy atom. The van der Waals surface area contributed by atoms with Gasteiger partial charge in [0.2, 0.25) is 0 Å². The molecule has 0 aliphatic heterocycles. The highest BCUT2D eigenvalue weighted by Crippen LogP contribution is 2.20. The quantitative estimate of drug-likeness (QED) is 0.485. The highest BCUT2D eigenvalue weighted by atomic mass is 32.2. The number of hydrogen-bond acceptors (Lipinski definition) is 6. The van der Waals surface area contributed by atoms with Crippen LogP contribution >= 0.6 is 11.8 Å². The summed E-state index contributed by atoms with van der Waals surface area (Å²) in [6.45, 7) is 0.520. The van der Waals surface area contributed by atoms with Crippen LogP contribution in [0.25, 0.3) is 0 Å². The molecule has 0 aliphatic carbocycles. The molecule has 0 fully saturated rings. The summed E-state index contributed by atoms with van der Waals surface area (Å²) in [5.41, 5.74) is 1.15. The second-order valence-electron chi connectivity index (χ2n) is 5.09. The number of nitrogens with zero attached hydrogens (tertiary/aromatic N) is 3. The number of carbonyl (C=O) groups is 1. The molecule has 0 N–H and O–H groups in total. The fraction of sp³-hybridized carbons (Fsp3) is 0.235. The van der Waals surface area contributed by atoms with Crippen LogP contribution < -0.4 is 0 Å². The van der Waals surface area contributed by atoms with Gasteiger partial charge in [-0.1, -0.05) is 42.1 Å². The molecule has 0 radical (unpaired) electrons. The molecule has 1 aromatic carbocycles. The van der Waals surface area contributed by atoms with E-state index in [2.05, 4.69) is 14.9 Å². The van der Waals surface area contributed by atoms with Crippen LogP contribution in [-0.4, -0.2) is 33.6 Å². The molecule has 2 aromatic heterocycles. The van der Waals surface area contributed by atoms with E-state index in [1.54, 1.807) is 6.26 Å². The number of benzene rings is 1. The van der Waals surface area contributed by atoms with Crippen LogP contribution in [0, 0.1) is 0 Å². The Balaban J connectivity index is 1.84. The molecule has 7 heteroatoms. The molecular formula is C17H17N3O3S. The molecule has 124 valence electrons. The monoisotopic (exact) mass is 343 g/mol. The van der Waals surface area contributed by atoms with Gasteiger partial charge in [0.05, 0.1) is 25.7 Å². The van der Waals surface area contributed by atoms with E-state index in [1.165, 1.54) is 18.9 Å². The number of rotatable bonds is 7. The minimum atomic E-state index is -0.294. The van der Waals surface area contributed by atoms with Crippen LogP contribution in [0.4, 0.5) is 0 Å². The van der Waals surface area contributed by atoms with Crippen molar-refractivity contribution in [3.63, 3.8) is 0 Å². The maximum Gasteiger partial charge on any atom is 0.316 e. The average Bonchev–Trinajstić information content (AvgIpc) is 3.25. The lowest BCUT2D eigenvalue weighted by Crippen LogP contribution is -2.09. The Morgan fingerprint density at radius 1 is 1.21 bits per heavy atom. The summed E-state index contributed by atoms with van der Waals surface area (Å²) in [6.07, 6.45) is 2.30. The van der Waals surface area contributed by atoms with E-state index in [0.29, 0.717) is 18.1 Å². The van der Waals surface area contributed by atoms with Gasteiger partial charge in [-0.15, -0.1) is 10.2 Å². The SMILES string of the molecule is COC(=O)CSc1nnc(Cc2ccccc2)n1Cc1ccco1. The summed E-state index contributed by atoms with van der Waals surface area (Å²) < 4.78 is 12.1. The number of aromatic nitrogens is 3. The van der Waals surface area contributed by atoms with E-state index in [9.17, 15) is 4.79 Å². The van der Waals surface area contributed by atoms with E-state index in [1.807, 2.05) is 47.0 Å². The number of ether oxygens (including phenoxy) is 1. The minimum absolute atomic E-state index is 0.193. The van der Waals surface area contributed by atoms with Gasteiger partial charge in [-0.2, -0.15) is 0 Å². The highest BCUT2D eigenvalue weighted by molar-refractivity contribution is 7.99. The van der Waals surface area contributed by atoms with Gasteiger partial charge in [-0.05, 0) is 17.7 Å². The Labute approximate surface area is 143 Å². The number of methoxy groups -OCH3 is 1. The smallest absolute Gasteiger partial charge is 0.316 e. The molecule has 3 aromatic rings. The summed E-state index contributed by atoms with van der Waals surface area (Å²) in [6, 6.07) is 13.8. The molecule has 0 spiro atoms. The van der Waals surface area contributed by atoms with Crippen LogP contribution in [0.2, 0.25) is 0 Å². The summed E-state index contributed by atoms with van der Waals surface area (Å²) in [5, 5.41) is 9.19. The Kier molecular flexibility index (Phi) is 5.32. The van der Waals surface area contributed by atoms with Crippen LogP contribution in [0.5, 0.6) is 0 Å². The van der Waals surface area contributed by atoms with Gasteiger partial charge in [0.1, 0.15) is 11.6 Å². The first-order chi connectivity index (χ1) is 11.8. The summed E-state index contributed by atoms with van der Waals surface area (Å²) >= 11 is 1.31. The van der Waals surface area contributed by atoms with Crippen molar-refractivity contribution in [2.24, 2.45) is 0 Å². The highest BCUT2D eigenvalue weighted by Gasteiger charge is 2.16. The van der Waals surface area contributed by atoms with Crippen molar-refractivity contribution in [3.8, 4) is 0 Å². The van der Waals surface area contributed by atoms with E-state index >= 15 is 0 Å². The maximum absolute atomic E-state index is 11.4. The summed E-state index contributed by atoms with van der Waals surface area (Å²) in [7, 11) is 1.37. The first-order valence-electron chi connectivity index (χ1n) is 7.44. The van der Waals surface area contributed by atoms with Crippen LogP contribution in [0.3, 0.4) is 0 Å². The predicted molar refractivity (Wildman–Crippen MR) is 89.8 cm³/mol. The first kappa shape index (κ1) is 16.3. The molecule has 0 saturated carbocycles. The molecule has 0 aliphatic rings. The van der Waals surface area contributed by atoms with Crippen molar-refractivity contribution < 1.29 is 13.9 Å². The van der Waals surface area contributed by atoms with Gasteiger partial charge in [-0.25, -0.2) is 0 Å². The molecule has 0 saturated heterocycles. The second kappa shape index (κ2) is 7.83. The Bertz CT molecular complexity index is 785. The maximum atomic E-state index is 11.4. The van der Waals surface area contributed by atoms with Crippen molar-refractivity contribution in [1.82, 2.24) is 14.8 Å². The Hall–Kier alpha value is -2.54. The lowest BCUT2D eigenvalue weighted by molar-refractivity contribution is -0.137. The Morgan fingerprint density at radius 3 is 2.75 bits per heavy atom. The van der Waals surface area contributed by atoms with Gasteiger partial charge < -0.3 is 9.15 Å². The van der Waals surface area contributed by atoms with Crippen molar-refractivity contribution in [2.45, 2.75) is 18.1 Å². The second-order valence-corrected chi connectivity index (χ2v) is 6.03. The average molecular weight is 343 g/mol. The lowest BCUT2D eigenvalue weighted by Gasteiger charge is -2.08. The minimum Gasteiger partial charge on any atom is -0.468 e. The predicted octanol–water partition coefficient (Wildman–Crippen LogP) is 2.78. The van der Waals surface area contributed by atoms with Gasteiger partial charge in [0.25, 0.3) is 0 Å². The van der Waals surface area contributed by atoms with E-state index in [-0.39, 0.29) is 11.7 Å². The van der Waals surface area contributed by atoms with E-state index < -0.39 is 0 Å². The number of furan rings is 1. The molecular weight excluding hydrogens is 326 g/mol. The van der Waals surface area contributed by atoms with E-state index in [4.69, 9.17) is 4.42 Å². The van der Waals surface area contributed by atoms with Crippen LogP contribution in [-0.2, 0) is 22.5 Å². The number of esters is 1. The fourth-order valence-corrected chi connectivity index (χ4v) is 3.02. The molecule has 3 rings (SSSR count). The third-order valence-electron chi connectivity index (χ3n) is 3.44. The van der Waals surface area contributed by atoms with Gasteiger partial charge in [0, 0.05) is 6.42 Å². The molecule has 0 atom stereocenters.